The number of aliphatic hydroxyl groups is 2. The summed E-state index contributed by atoms with van der Waals surface area (Å²) in [4.78, 5) is 2.20. The number of halogens is 2. The Labute approximate surface area is 214 Å². The van der Waals surface area contributed by atoms with Gasteiger partial charge in [-0.15, -0.1) is 11.6 Å². The van der Waals surface area contributed by atoms with Gasteiger partial charge in [-0.3, -0.25) is 4.90 Å². The molecule has 0 radical (unpaired) electrons. The van der Waals surface area contributed by atoms with Crippen LogP contribution in [0.2, 0.25) is 0 Å². The fourth-order valence-corrected chi connectivity index (χ4v) is 4.46. The topological polar surface area (TPSA) is 71.4 Å². The molecule has 0 unspecified atom stereocenters. The van der Waals surface area contributed by atoms with E-state index in [1.165, 1.54) is 0 Å². The van der Waals surface area contributed by atoms with Crippen LogP contribution in [0, 0.1) is 3.57 Å². The average Bonchev–Trinajstić information content (AvgIpc) is 2.82. The summed E-state index contributed by atoms with van der Waals surface area (Å²) in [5.41, 5.74) is 2.10. The summed E-state index contributed by atoms with van der Waals surface area (Å²) >= 11 is 7.89. The van der Waals surface area contributed by atoms with Crippen LogP contribution in [0.25, 0.3) is 0 Å². The second kappa shape index (κ2) is 12.6. The lowest BCUT2D eigenvalue weighted by molar-refractivity contribution is 0.00465. The molecule has 2 atom stereocenters. The third-order valence-electron chi connectivity index (χ3n) is 5.85. The van der Waals surface area contributed by atoms with Crippen LogP contribution in [0.15, 0.2) is 42.5 Å². The number of aliphatic hydroxyl groups excluding tert-OH is 2. The van der Waals surface area contributed by atoms with Crippen molar-refractivity contribution in [2.45, 2.75) is 31.5 Å². The average molecular weight is 586 g/mol. The SMILES string of the molecule is CC(C)(c1ccc(OC[C@H](O)CN2CCOCC2)cc1)c1ccc(OC[C@H](O)CCl)c([123I])c1. The quantitative estimate of drug-likeness (QED) is 0.310. The van der Waals surface area contributed by atoms with E-state index >= 15 is 0 Å². The molecule has 8 heteroatoms. The van der Waals surface area contributed by atoms with Crippen molar-refractivity contribution in [3.63, 3.8) is 0 Å². The summed E-state index contributed by atoms with van der Waals surface area (Å²) in [6, 6.07) is 14.1. The van der Waals surface area contributed by atoms with Crippen molar-refractivity contribution in [2.24, 2.45) is 0 Å². The fourth-order valence-electron chi connectivity index (χ4n) is 3.70. The molecule has 0 bridgehead atoms. The van der Waals surface area contributed by atoms with E-state index in [1.54, 1.807) is 0 Å². The molecule has 1 saturated heterocycles. The number of morpholine rings is 1. The van der Waals surface area contributed by atoms with E-state index in [0.717, 1.165) is 52.5 Å². The highest BCUT2D eigenvalue weighted by atomic mass is 123. The summed E-state index contributed by atoms with van der Waals surface area (Å²) in [5, 5.41) is 19.9. The number of benzene rings is 2. The molecule has 0 aliphatic carbocycles. The predicted octanol–water partition coefficient (Wildman–Crippen LogP) is 3.67. The van der Waals surface area contributed by atoms with Gasteiger partial charge in [-0.2, -0.15) is 0 Å². The van der Waals surface area contributed by atoms with E-state index in [1.807, 2.05) is 18.2 Å². The first-order chi connectivity index (χ1) is 15.8. The third-order valence-corrected chi connectivity index (χ3v) is 7.05. The number of hydrogen-bond donors (Lipinski definition) is 2. The molecule has 1 heterocycles. The second-order valence-electron chi connectivity index (χ2n) is 8.79. The molecular formula is C25H33ClINO5. The van der Waals surface area contributed by atoms with Gasteiger partial charge in [0.05, 0.1) is 22.7 Å². The number of hydrogen-bond acceptors (Lipinski definition) is 6. The van der Waals surface area contributed by atoms with Crippen molar-refractivity contribution < 1.29 is 24.4 Å². The van der Waals surface area contributed by atoms with Crippen molar-refractivity contribution in [3.8, 4) is 11.5 Å². The van der Waals surface area contributed by atoms with Crippen LogP contribution in [0.1, 0.15) is 25.0 Å². The number of β-amino-alcohol motifs (C(OH)–C–C–N with tert-alkyl or cyclic N) is 1. The molecule has 2 N–H and O–H groups in total. The molecule has 1 fully saturated rings. The lowest BCUT2D eigenvalue weighted by atomic mass is 9.78. The minimum absolute atomic E-state index is 0.147. The summed E-state index contributed by atoms with van der Waals surface area (Å²) in [7, 11) is 0. The first-order valence-corrected chi connectivity index (χ1v) is 12.8. The lowest BCUT2D eigenvalue weighted by Crippen LogP contribution is -2.42. The van der Waals surface area contributed by atoms with E-state index in [0.29, 0.717) is 6.54 Å². The molecular weight excluding hydrogens is 553 g/mol. The van der Waals surface area contributed by atoms with E-state index in [-0.39, 0.29) is 24.5 Å². The molecule has 1 aliphatic rings. The van der Waals surface area contributed by atoms with Crippen molar-refractivity contribution in [2.75, 3.05) is 51.9 Å². The van der Waals surface area contributed by atoms with E-state index in [2.05, 4.69) is 65.6 Å². The summed E-state index contributed by atoms with van der Waals surface area (Å²) < 4.78 is 17.8. The zero-order valence-corrected chi connectivity index (χ0v) is 22.1. The highest BCUT2D eigenvalue weighted by Crippen LogP contribution is 2.35. The first-order valence-electron chi connectivity index (χ1n) is 11.2. The maximum absolute atomic E-state index is 10.3. The highest BCUT2D eigenvalue weighted by molar-refractivity contribution is 14.1. The van der Waals surface area contributed by atoms with Crippen LogP contribution < -0.4 is 9.47 Å². The molecule has 1 aliphatic heterocycles. The number of ether oxygens (including phenoxy) is 3. The largest absolute Gasteiger partial charge is 0.491 e. The van der Waals surface area contributed by atoms with Gasteiger partial charge in [0.25, 0.3) is 0 Å². The Morgan fingerprint density at radius 1 is 1.00 bits per heavy atom. The van der Waals surface area contributed by atoms with Crippen LogP contribution in [0.5, 0.6) is 11.5 Å². The van der Waals surface area contributed by atoms with Gasteiger partial charge < -0.3 is 24.4 Å². The van der Waals surface area contributed by atoms with Gasteiger partial charge >= 0.3 is 0 Å². The number of rotatable bonds is 11. The summed E-state index contributed by atoms with van der Waals surface area (Å²) in [5.74, 6) is 1.62. The lowest BCUT2D eigenvalue weighted by Gasteiger charge is -2.28. The predicted molar refractivity (Wildman–Crippen MR) is 139 cm³/mol. The first kappa shape index (κ1) is 26.5. The van der Waals surface area contributed by atoms with Gasteiger partial charge in [0, 0.05) is 25.0 Å². The molecule has 0 aromatic heterocycles. The van der Waals surface area contributed by atoms with Crippen molar-refractivity contribution in [1.29, 1.82) is 0 Å². The van der Waals surface area contributed by atoms with Gasteiger partial charge in [0.1, 0.15) is 36.9 Å². The van der Waals surface area contributed by atoms with Gasteiger partial charge in [0.15, 0.2) is 0 Å². The Balaban J connectivity index is 1.57. The molecule has 0 amide bonds. The van der Waals surface area contributed by atoms with Crippen LogP contribution in [-0.4, -0.2) is 79.3 Å². The normalized spacial score (nSPS) is 16.9. The zero-order valence-electron chi connectivity index (χ0n) is 19.2. The molecule has 182 valence electrons. The van der Waals surface area contributed by atoms with Gasteiger partial charge in [-0.1, -0.05) is 32.0 Å². The maximum atomic E-state index is 10.3. The molecule has 0 saturated carbocycles. The van der Waals surface area contributed by atoms with Crippen molar-refractivity contribution >= 4 is 34.2 Å². The van der Waals surface area contributed by atoms with Gasteiger partial charge in [-0.25, -0.2) is 0 Å². The van der Waals surface area contributed by atoms with Crippen molar-refractivity contribution in [3.05, 3.63) is 57.2 Å². The Kier molecular flexibility index (Phi) is 10.1. The van der Waals surface area contributed by atoms with Crippen LogP contribution >= 0.6 is 34.2 Å². The monoisotopic (exact) mass is 585 g/mol. The minimum atomic E-state index is -0.681. The molecule has 6 nitrogen and oxygen atoms in total. The second-order valence-corrected chi connectivity index (χ2v) is 10.3. The van der Waals surface area contributed by atoms with Gasteiger partial charge in [-0.05, 0) is 58.0 Å². The van der Waals surface area contributed by atoms with Crippen LogP contribution in [-0.2, 0) is 10.2 Å². The highest BCUT2D eigenvalue weighted by Gasteiger charge is 2.24. The zero-order chi connectivity index (χ0) is 23.8. The minimum Gasteiger partial charge on any atom is -0.491 e. The summed E-state index contributed by atoms with van der Waals surface area (Å²) in [6.45, 7) is 8.52. The number of alkyl halides is 1. The van der Waals surface area contributed by atoms with Crippen LogP contribution in [0.4, 0.5) is 0 Å². The molecule has 2 aromatic carbocycles. The van der Waals surface area contributed by atoms with E-state index < -0.39 is 12.2 Å². The molecule has 3 rings (SSSR count). The maximum Gasteiger partial charge on any atom is 0.132 e. The Morgan fingerprint density at radius 3 is 2.27 bits per heavy atom. The van der Waals surface area contributed by atoms with Crippen LogP contribution in [0.3, 0.4) is 0 Å². The fraction of sp³-hybridized carbons (Fsp3) is 0.520. The number of nitrogens with zero attached hydrogens (tertiary/aromatic N) is 1. The molecule has 2 aromatic rings. The van der Waals surface area contributed by atoms with Crippen molar-refractivity contribution in [1.82, 2.24) is 4.90 Å². The molecule has 0 spiro atoms. The standard InChI is InChI=1S/C25H33ClINO5/c1-25(2,19-5-8-24(23(27)13-19)33-16-20(29)14-26)18-3-6-22(7-4-18)32-17-21(30)15-28-9-11-31-12-10-28/h3-8,13,20-21,29-30H,9-12,14-17H2,1-2H3/t20-,21-/m1/s1/i27-4. The Hall–Kier alpha value is -1.10. The summed E-state index contributed by atoms with van der Waals surface area (Å²) in [6.07, 6.45) is -1.22. The van der Waals surface area contributed by atoms with E-state index in [4.69, 9.17) is 25.8 Å². The Morgan fingerprint density at radius 2 is 1.64 bits per heavy atom. The third kappa shape index (κ3) is 7.70. The smallest absolute Gasteiger partial charge is 0.132 e. The van der Waals surface area contributed by atoms with Gasteiger partial charge in [0.2, 0.25) is 0 Å². The van der Waals surface area contributed by atoms with E-state index in [9.17, 15) is 10.2 Å². The Bertz CT molecular complexity index is 874. The molecule has 33 heavy (non-hydrogen) atoms.